The molecule has 0 radical (unpaired) electrons. The molecular formula is C15H15BrF2N2O. The summed E-state index contributed by atoms with van der Waals surface area (Å²) in [6.07, 6.45) is 1.82. The van der Waals surface area contributed by atoms with Gasteiger partial charge in [0.2, 0.25) is 5.92 Å². The smallest absolute Gasteiger partial charge is 0.248 e. The van der Waals surface area contributed by atoms with Crippen LogP contribution in [0.15, 0.2) is 22.9 Å². The molecule has 6 heteroatoms. The van der Waals surface area contributed by atoms with Gasteiger partial charge in [-0.05, 0) is 31.9 Å². The van der Waals surface area contributed by atoms with Gasteiger partial charge in [0.1, 0.15) is 17.6 Å². The van der Waals surface area contributed by atoms with Gasteiger partial charge in [-0.1, -0.05) is 15.9 Å². The Kier molecular flexibility index (Phi) is 3.82. The first-order valence-corrected chi connectivity index (χ1v) is 7.69. The van der Waals surface area contributed by atoms with Crippen LogP contribution >= 0.6 is 15.9 Å². The highest BCUT2D eigenvalue weighted by atomic mass is 79.9. The molecule has 1 aliphatic rings. The van der Waals surface area contributed by atoms with Crippen molar-refractivity contribution < 1.29 is 13.5 Å². The topological polar surface area (TPSA) is 35.0 Å². The Morgan fingerprint density at radius 2 is 1.95 bits per heavy atom. The van der Waals surface area contributed by atoms with E-state index >= 15 is 0 Å². The number of alkyl halides is 2. The summed E-state index contributed by atoms with van der Waals surface area (Å²) in [4.78, 5) is 8.44. The largest absolute Gasteiger partial charge is 0.488 e. The molecule has 1 fully saturated rings. The molecule has 0 spiro atoms. The number of ether oxygens (including phenoxy) is 1. The number of rotatable bonds is 2. The number of benzene rings is 1. The Labute approximate surface area is 129 Å². The Hall–Kier alpha value is -1.30. The van der Waals surface area contributed by atoms with Crippen molar-refractivity contribution in [1.29, 1.82) is 0 Å². The molecule has 1 heterocycles. The average Bonchev–Trinajstić information content (AvgIpc) is 2.42. The summed E-state index contributed by atoms with van der Waals surface area (Å²) in [5.74, 6) is -1.92. The minimum absolute atomic E-state index is 0.113. The monoisotopic (exact) mass is 356 g/mol. The van der Waals surface area contributed by atoms with Crippen LogP contribution in [0, 0.1) is 6.92 Å². The molecule has 1 saturated carbocycles. The molecule has 0 unspecified atom stereocenters. The summed E-state index contributed by atoms with van der Waals surface area (Å²) in [6.45, 7) is 1.90. The SMILES string of the molecule is Cc1ncnc2c(OC3CCC(F)(F)CC3)cc(Br)cc12. The lowest BCUT2D eigenvalue weighted by Crippen LogP contribution is -2.30. The summed E-state index contributed by atoms with van der Waals surface area (Å²) in [5.41, 5.74) is 1.59. The molecule has 0 bridgehead atoms. The third-order valence-electron chi connectivity index (χ3n) is 3.83. The molecule has 1 aliphatic carbocycles. The van der Waals surface area contributed by atoms with Crippen molar-refractivity contribution in [2.75, 3.05) is 0 Å². The molecule has 3 rings (SSSR count). The standard InChI is InChI=1S/C15H15BrF2N2O/c1-9-12-6-10(16)7-13(14(12)20-8-19-9)21-11-2-4-15(17,18)5-3-11/h6-8,11H,2-5H2,1H3. The van der Waals surface area contributed by atoms with Crippen LogP contribution in [-0.2, 0) is 0 Å². The Balaban J connectivity index is 1.89. The van der Waals surface area contributed by atoms with E-state index < -0.39 is 5.92 Å². The van der Waals surface area contributed by atoms with Gasteiger partial charge in [0.25, 0.3) is 0 Å². The quantitative estimate of drug-likeness (QED) is 0.784. The van der Waals surface area contributed by atoms with Crippen LogP contribution < -0.4 is 4.74 Å². The Morgan fingerprint density at radius 1 is 1.24 bits per heavy atom. The van der Waals surface area contributed by atoms with Gasteiger partial charge in [0.05, 0.1) is 6.10 Å². The van der Waals surface area contributed by atoms with Gasteiger partial charge in [0.15, 0.2) is 0 Å². The molecule has 0 saturated heterocycles. The van der Waals surface area contributed by atoms with Crippen molar-refractivity contribution in [2.24, 2.45) is 0 Å². The molecule has 0 amide bonds. The zero-order valence-corrected chi connectivity index (χ0v) is 13.2. The number of aryl methyl sites for hydroxylation is 1. The number of hydrogen-bond acceptors (Lipinski definition) is 3. The number of hydrogen-bond donors (Lipinski definition) is 0. The predicted octanol–water partition coefficient (Wildman–Crippen LogP) is 4.66. The Bertz CT molecular complexity index is 668. The molecule has 2 aromatic rings. The fraction of sp³-hybridized carbons (Fsp3) is 0.467. The van der Waals surface area contributed by atoms with E-state index in [1.165, 1.54) is 6.33 Å². The first-order valence-electron chi connectivity index (χ1n) is 6.90. The van der Waals surface area contributed by atoms with Gasteiger partial charge in [-0.3, -0.25) is 0 Å². The molecule has 1 aromatic carbocycles. The lowest BCUT2D eigenvalue weighted by molar-refractivity contribution is -0.0580. The van der Waals surface area contributed by atoms with Gasteiger partial charge in [0, 0.05) is 28.4 Å². The van der Waals surface area contributed by atoms with E-state index in [1.807, 2.05) is 19.1 Å². The fourth-order valence-electron chi connectivity index (χ4n) is 2.63. The third kappa shape index (κ3) is 3.15. The molecule has 112 valence electrons. The van der Waals surface area contributed by atoms with E-state index in [-0.39, 0.29) is 18.9 Å². The molecule has 0 atom stereocenters. The van der Waals surface area contributed by atoms with Crippen LogP contribution in [0.4, 0.5) is 8.78 Å². The van der Waals surface area contributed by atoms with E-state index in [0.29, 0.717) is 18.6 Å². The zero-order chi connectivity index (χ0) is 15.0. The predicted molar refractivity (Wildman–Crippen MR) is 79.8 cm³/mol. The lowest BCUT2D eigenvalue weighted by atomic mass is 9.94. The van der Waals surface area contributed by atoms with E-state index in [4.69, 9.17) is 4.74 Å². The number of halogens is 3. The third-order valence-corrected chi connectivity index (χ3v) is 4.28. The Morgan fingerprint density at radius 3 is 2.67 bits per heavy atom. The van der Waals surface area contributed by atoms with Gasteiger partial charge in [-0.25, -0.2) is 18.7 Å². The van der Waals surface area contributed by atoms with Gasteiger partial charge >= 0.3 is 0 Å². The average molecular weight is 357 g/mol. The van der Waals surface area contributed by atoms with Crippen molar-refractivity contribution >= 4 is 26.8 Å². The summed E-state index contributed by atoms with van der Waals surface area (Å²) in [7, 11) is 0. The highest BCUT2D eigenvalue weighted by Crippen LogP contribution is 2.37. The second kappa shape index (κ2) is 5.48. The van der Waals surface area contributed by atoms with Crippen molar-refractivity contribution in [3.63, 3.8) is 0 Å². The number of nitrogens with zero attached hydrogens (tertiary/aromatic N) is 2. The summed E-state index contributed by atoms with van der Waals surface area (Å²) in [6, 6.07) is 3.77. The van der Waals surface area contributed by atoms with E-state index in [1.54, 1.807) is 0 Å². The second-order valence-corrected chi connectivity index (χ2v) is 6.35. The van der Waals surface area contributed by atoms with E-state index in [2.05, 4.69) is 25.9 Å². The lowest BCUT2D eigenvalue weighted by Gasteiger charge is -2.29. The van der Waals surface area contributed by atoms with Crippen molar-refractivity contribution in [2.45, 2.75) is 44.6 Å². The maximum absolute atomic E-state index is 13.2. The molecular weight excluding hydrogens is 342 g/mol. The maximum atomic E-state index is 13.2. The number of aromatic nitrogens is 2. The van der Waals surface area contributed by atoms with Crippen molar-refractivity contribution in [3.05, 3.63) is 28.6 Å². The van der Waals surface area contributed by atoms with Crippen molar-refractivity contribution in [1.82, 2.24) is 9.97 Å². The normalized spacial score (nSPS) is 18.9. The van der Waals surface area contributed by atoms with Crippen molar-refractivity contribution in [3.8, 4) is 5.75 Å². The molecule has 1 aromatic heterocycles. The van der Waals surface area contributed by atoms with Crippen LogP contribution in [0.2, 0.25) is 0 Å². The van der Waals surface area contributed by atoms with Gasteiger partial charge in [-0.2, -0.15) is 0 Å². The van der Waals surface area contributed by atoms with Crippen LogP contribution in [0.3, 0.4) is 0 Å². The van der Waals surface area contributed by atoms with Crippen LogP contribution in [0.25, 0.3) is 10.9 Å². The summed E-state index contributed by atoms with van der Waals surface area (Å²) in [5, 5.41) is 0.906. The second-order valence-electron chi connectivity index (χ2n) is 5.43. The minimum Gasteiger partial charge on any atom is -0.488 e. The summed E-state index contributed by atoms with van der Waals surface area (Å²) >= 11 is 3.44. The van der Waals surface area contributed by atoms with E-state index in [0.717, 1.165) is 21.1 Å². The van der Waals surface area contributed by atoms with Gasteiger partial charge < -0.3 is 4.74 Å². The van der Waals surface area contributed by atoms with E-state index in [9.17, 15) is 8.78 Å². The highest BCUT2D eigenvalue weighted by Gasteiger charge is 2.35. The van der Waals surface area contributed by atoms with Crippen LogP contribution in [-0.4, -0.2) is 22.0 Å². The fourth-order valence-corrected chi connectivity index (χ4v) is 3.06. The van der Waals surface area contributed by atoms with Crippen LogP contribution in [0.1, 0.15) is 31.4 Å². The molecule has 0 N–H and O–H groups in total. The summed E-state index contributed by atoms with van der Waals surface area (Å²) < 4.78 is 33.2. The molecule has 0 aliphatic heterocycles. The van der Waals surface area contributed by atoms with Crippen LogP contribution in [0.5, 0.6) is 5.75 Å². The first-order chi connectivity index (χ1) is 9.94. The maximum Gasteiger partial charge on any atom is 0.248 e. The highest BCUT2D eigenvalue weighted by molar-refractivity contribution is 9.10. The van der Waals surface area contributed by atoms with Gasteiger partial charge in [-0.15, -0.1) is 0 Å². The minimum atomic E-state index is -2.54. The molecule has 21 heavy (non-hydrogen) atoms. The molecule has 3 nitrogen and oxygen atoms in total. The zero-order valence-electron chi connectivity index (χ0n) is 11.6. The number of fused-ring (bicyclic) bond motifs is 1. The first kappa shape index (κ1) is 14.6.